The zero-order valence-corrected chi connectivity index (χ0v) is 16.4. The molecule has 0 atom stereocenters. The molecule has 0 aliphatic rings. The van der Waals surface area contributed by atoms with Gasteiger partial charge in [0.05, 0.1) is 0 Å². The van der Waals surface area contributed by atoms with Gasteiger partial charge in [0.2, 0.25) is 0 Å². The van der Waals surface area contributed by atoms with E-state index in [2.05, 4.69) is 27.7 Å². The van der Waals surface area contributed by atoms with Gasteiger partial charge in [0, 0.05) is 12.2 Å². The van der Waals surface area contributed by atoms with Crippen LogP contribution in [0, 0.1) is 0 Å². The fourth-order valence-electron chi connectivity index (χ4n) is 1.85. The smallest absolute Gasteiger partial charge is 0.328 e. The molecule has 0 spiro atoms. The Hall–Kier alpha value is -1.32. The van der Waals surface area contributed by atoms with E-state index in [-0.39, 0.29) is 0 Å². The number of rotatable bonds is 12. The van der Waals surface area contributed by atoms with Crippen LogP contribution < -0.4 is 0 Å². The molecule has 0 amide bonds. The van der Waals surface area contributed by atoms with Gasteiger partial charge in [0.25, 0.3) is 0 Å². The first-order chi connectivity index (χ1) is 11.5. The van der Waals surface area contributed by atoms with Crippen molar-refractivity contribution in [2.24, 2.45) is 0 Å². The average Bonchev–Trinajstić information content (AvgIpc) is 2.55. The van der Waals surface area contributed by atoms with E-state index in [9.17, 15) is 9.59 Å². The van der Waals surface area contributed by atoms with Crippen molar-refractivity contribution in [3.05, 3.63) is 12.2 Å². The topological polar surface area (TPSA) is 74.6 Å². The second-order valence-electron chi connectivity index (χ2n) is 5.84. The Balaban J connectivity index is -0.000000276. The predicted molar refractivity (Wildman–Crippen MR) is 103 cm³/mol. The Morgan fingerprint density at radius 3 is 0.875 bits per heavy atom. The molecule has 0 aromatic rings. The molecular weight excluding hydrogens is 304 g/mol. The van der Waals surface area contributed by atoms with E-state index in [1.54, 1.807) is 0 Å². The van der Waals surface area contributed by atoms with Crippen LogP contribution in [0.4, 0.5) is 0 Å². The molecule has 0 saturated carbocycles. The van der Waals surface area contributed by atoms with E-state index in [0.29, 0.717) is 12.2 Å². The molecule has 0 saturated heterocycles. The zero-order valence-electron chi connectivity index (χ0n) is 16.4. The van der Waals surface area contributed by atoms with Gasteiger partial charge in [-0.15, -0.1) is 0 Å². The molecule has 4 nitrogen and oxygen atoms in total. The Morgan fingerprint density at radius 2 is 0.750 bits per heavy atom. The molecule has 0 rings (SSSR count). The zero-order chi connectivity index (χ0) is 19.1. The Labute approximate surface area is 149 Å². The lowest BCUT2D eigenvalue weighted by Gasteiger charge is -1.93. The molecule has 4 heteroatoms. The summed E-state index contributed by atoms with van der Waals surface area (Å²) in [5, 5.41) is 15.6. The number of aliphatic carboxylic acids is 2. The molecule has 0 radical (unpaired) electrons. The van der Waals surface area contributed by atoms with E-state index >= 15 is 0 Å². The molecule has 24 heavy (non-hydrogen) atoms. The molecule has 144 valence electrons. The minimum absolute atomic E-state index is 0.558. The Morgan fingerprint density at radius 1 is 0.542 bits per heavy atom. The van der Waals surface area contributed by atoms with E-state index in [0.717, 1.165) is 0 Å². The highest BCUT2D eigenvalue weighted by molar-refractivity contribution is 5.89. The van der Waals surface area contributed by atoms with Gasteiger partial charge >= 0.3 is 11.9 Å². The summed E-state index contributed by atoms with van der Waals surface area (Å²) in [6.45, 7) is 9.02. The van der Waals surface area contributed by atoms with Gasteiger partial charge < -0.3 is 10.2 Å². The molecule has 0 heterocycles. The third kappa shape index (κ3) is 42.8. The van der Waals surface area contributed by atoms with Crippen molar-refractivity contribution in [3.63, 3.8) is 0 Å². The van der Waals surface area contributed by atoms with E-state index in [1.165, 1.54) is 77.0 Å². The quantitative estimate of drug-likeness (QED) is 0.315. The van der Waals surface area contributed by atoms with Gasteiger partial charge in [-0.3, -0.25) is 0 Å². The molecule has 0 aromatic heterocycles. The number of carboxylic acids is 2. The van der Waals surface area contributed by atoms with Crippen molar-refractivity contribution in [2.75, 3.05) is 0 Å². The SMILES string of the molecule is CCCCCCCC.CCCCCCCC.O=C(O)/C=C\C(=O)O. The largest absolute Gasteiger partial charge is 0.478 e. The lowest BCUT2D eigenvalue weighted by atomic mass is 10.1. The summed E-state index contributed by atoms with van der Waals surface area (Å²) in [5.41, 5.74) is 0. The summed E-state index contributed by atoms with van der Waals surface area (Å²) in [6, 6.07) is 0. The van der Waals surface area contributed by atoms with E-state index < -0.39 is 11.9 Å². The van der Waals surface area contributed by atoms with Gasteiger partial charge in [0.1, 0.15) is 0 Å². The predicted octanol–water partition coefficient (Wildman–Crippen LogP) is 6.45. The minimum atomic E-state index is -1.26. The second-order valence-corrected chi connectivity index (χ2v) is 5.84. The molecule has 0 aromatic carbocycles. The maximum Gasteiger partial charge on any atom is 0.328 e. The maximum absolute atomic E-state index is 9.55. The van der Waals surface area contributed by atoms with Crippen LogP contribution in [0.15, 0.2) is 12.2 Å². The highest BCUT2D eigenvalue weighted by Gasteiger charge is 1.88. The van der Waals surface area contributed by atoms with Crippen LogP contribution in [-0.2, 0) is 9.59 Å². The maximum atomic E-state index is 9.55. The summed E-state index contributed by atoms with van der Waals surface area (Å²) >= 11 is 0. The van der Waals surface area contributed by atoms with E-state index in [4.69, 9.17) is 10.2 Å². The van der Waals surface area contributed by atoms with Crippen LogP contribution >= 0.6 is 0 Å². The fraction of sp³-hybridized carbons (Fsp3) is 0.800. The molecule has 0 fully saturated rings. The Kier molecular flexibility index (Phi) is 30.5. The lowest BCUT2D eigenvalue weighted by Crippen LogP contribution is -1.91. The average molecular weight is 345 g/mol. The summed E-state index contributed by atoms with van der Waals surface area (Å²) in [5.74, 6) is -2.51. The standard InChI is InChI=1S/2C8H18.C4H4O4/c2*1-3-5-7-8-6-4-2;5-3(6)1-2-4(7)8/h2*3-8H2,1-2H3;1-2H,(H,5,6)(H,7,8)/b;;2-1-. The van der Waals surface area contributed by atoms with Crippen LogP contribution in [-0.4, -0.2) is 22.2 Å². The summed E-state index contributed by atoms with van der Waals surface area (Å²) in [7, 11) is 0. The first-order valence-electron chi connectivity index (χ1n) is 9.59. The van der Waals surface area contributed by atoms with Gasteiger partial charge in [-0.2, -0.15) is 0 Å². The molecule has 0 bridgehead atoms. The van der Waals surface area contributed by atoms with Gasteiger partial charge in [-0.1, -0.05) is 105 Å². The van der Waals surface area contributed by atoms with Crippen LogP contribution in [0.1, 0.15) is 105 Å². The highest BCUT2D eigenvalue weighted by atomic mass is 16.4. The van der Waals surface area contributed by atoms with Crippen molar-refractivity contribution in [3.8, 4) is 0 Å². The van der Waals surface area contributed by atoms with Crippen molar-refractivity contribution < 1.29 is 19.8 Å². The third-order valence-corrected chi connectivity index (χ3v) is 3.28. The van der Waals surface area contributed by atoms with Crippen LogP contribution in [0.2, 0.25) is 0 Å². The number of carboxylic acid groups (broad SMARTS) is 2. The summed E-state index contributed by atoms with van der Waals surface area (Å²) < 4.78 is 0. The lowest BCUT2D eigenvalue weighted by molar-refractivity contribution is -0.134. The summed E-state index contributed by atoms with van der Waals surface area (Å²) in [4.78, 5) is 19.1. The third-order valence-electron chi connectivity index (χ3n) is 3.28. The van der Waals surface area contributed by atoms with Crippen molar-refractivity contribution in [1.29, 1.82) is 0 Å². The Bertz CT molecular complexity index is 245. The molecule has 0 aliphatic carbocycles. The van der Waals surface area contributed by atoms with Crippen molar-refractivity contribution in [1.82, 2.24) is 0 Å². The molecular formula is C20H40O4. The van der Waals surface area contributed by atoms with Crippen LogP contribution in [0.25, 0.3) is 0 Å². The minimum Gasteiger partial charge on any atom is -0.478 e. The van der Waals surface area contributed by atoms with Crippen LogP contribution in [0.5, 0.6) is 0 Å². The number of carbonyl (C=O) groups is 2. The number of unbranched alkanes of at least 4 members (excludes halogenated alkanes) is 10. The first-order valence-corrected chi connectivity index (χ1v) is 9.59. The normalized spacial score (nSPS) is 9.67. The van der Waals surface area contributed by atoms with E-state index in [1.807, 2.05) is 0 Å². The monoisotopic (exact) mass is 344 g/mol. The van der Waals surface area contributed by atoms with Crippen molar-refractivity contribution in [2.45, 2.75) is 105 Å². The summed E-state index contributed by atoms with van der Waals surface area (Å²) in [6.07, 6.45) is 18.1. The van der Waals surface area contributed by atoms with Crippen molar-refractivity contribution >= 4 is 11.9 Å². The van der Waals surface area contributed by atoms with Crippen LogP contribution in [0.3, 0.4) is 0 Å². The van der Waals surface area contributed by atoms with Gasteiger partial charge in [0.15, 0.2) is 0 Å². The molecule has 0 aliphatic heterocycles. The number of hydrogen-bond donors (Lipinski definition) is 2. The second kappa shape index (κ2) is 26.6. The van der Waals surface area contributed by atoms with Gasteiger partial charge in [-0.25, -0.2) is 9.59 Å². The molecule has 2 N–H and O–H groups in total. The highest BCUT2D eigenvalue weighted by Crippen LogP contribution is 2.04. The first kappa shape index (κ1) is 27.5. The number of hydrogen-bond acceptors (Lipinski definition) is 2. The van der Waals surface area contributed by atoms with Gasteiger partial charge in [-0.05, 0) is 0 Å². The molecule has 0 unspecified atom stereocenters. The fourth-order valence-corrected chi connectivity index (χ4v) is 1.85.